The Morgan fingerprint density at radius 3 is 2.58 bits per heavy atom. The minimum atomic E-state index is -0.138. The van der Waals surface area contributed by atoms with Crippen LogP contribution in [0.2, 0.25) is 5.02 Å². The number of benzene rings is 3. The van der Waals surface area contributed by atoms with Gasteiger partial charge in [-0.3, -0.25) is 0 Å². The van der Waals surface area contributed by atoms with E-state index >= 15 is 0 Å². The van der Waals surface area contributed by atoms with Crippen LogP contribution in [0.1, 0.15) is 28.3 Å². The molecule has 1 aliphatic rings. The molecule has 26 heavy (non-hydrogen) atoms. The van der Waals surface area contributed by atoms with E-state index in [1.165, 1.54) is 11.1 Å². The van der Waals surface area contributed by atoms with E-state index in [4.69, 9.17) is 11.6 Å². The predicted molar refractivity (Wildman–Crippen MR) is 108 cm³/mol. The summed E-state index contributed by atoms with van der Waals surface area (Å²) in [7, 11) is 0. The zero-order valence-electron chi connectivity index (χ0n) is 14.3. The van der Waals surface area contributed by atoms with E-state index in [0.29, 0.717) is 5.02 Å². The first-order chi connectivity index (χ1) is 12.8. The van der Waals surface area contributed by atoms with E-state index < -0.39 is 0 Å². The number of nitrogens with one attached hydrogen (secondary N) is 2. The van der Waals surface area contributed by atoms with Crippen LogP contribution in [-0.2, 0) is 13.1 Å². The highest BCUT2D eigenvalue weighted by atomic mass is 35.5. The van der Waals surface area contributed by atoms with Gasteiger partial charge in [0.05, 0.1) is 0 Å². The number of fused-ring (bicyclic) bond motifs is 1. The zero-order chi connectivity index (χ0) is 17.8. The fraction of sp³-hybridized carbons (Fsp3) is 0.130. The number of anilines is 1. The minimum absolute atomic E-state index is 0.138. The summed E-state index contributed by atoms with van der Waals surface area (Å²) < 4.78 is 0. The Bertz CT molecular complexity index is 970. The SMILES string of the molecule is Clc1cccc([C@H](C#Cc2ccccc2)Nc2ccc3c(c2)CNC3)c1. The Balaban J connectivity index is 1.65. The molecule has 1 aliphatic heterocycles. The molecule has 4 rings (SSSR count). The van der Waals surface area contributed by atoms with Gasteiger partial charge in [0.15, 0.2) is 0 Å². The predicted octanol–water partition coefficient (Wildman–Crippen LogP) is 5.15. The van der Waals surface area contributed by atoms with Crippen molar-refractivity contribution in [3.8, 4) is 11.8 Å². The molecular formula is C23H19ClN2. The van der Waals surface area contributed by atoms with Gasteiger partial charge in [0.25, 0.3) is 0 Å². The van der Waals surface area contributed by atoms with E-state index in [1.807, 2.05) is 48.5 Å². The molecule has 0 unspecified atom stereocenters. The number of halogens is 1. The molecule has 0 aromatic heterocycles. The largest absolute Gasteiger partial charge is 0.368 e. The van der Waals surface area contributed by atoms with E-state index in [1.54, 1.807) is 0 Å². The van der Waals surface area contributed by atoms with Crippen LogP contribution in [0.5, 0.6) is 0 Å². The standard InChI is InChI=1S/C23H19ClN2/c24-21-8-4-7-18(13-21)23(12-9-17-5-2-1-3-6-17)26-22-11-10-19-15-25-16-20(19)14-22/h1-8,10-11,13-14,23,25-26H,15-16H2/t23-/m0/s1. The van der Waals surface area contributed by atoms with Gasteiger partial charge in [0.2, 0.25) is 0 Å². The van der Waals surface area contributed by atoms with Crippen LogP contribution in [0, 0.1) is 11.8 Å². The molecule has 0 fully saturated rings. The lowest BCUT2D eigenvalue weighted by atomic mass is 10.0. The topological polar surface area (TPSA) is 24.1 Å². The van der Waals surface area contributed by atoms with Crippen molar-refractivity contribution in [3.63, 3.8) is 0 Å². The third kappa shape index (κ3) is 3.91. The van der Waals surface area contributed by atoms with Gasteiger partial charge in [-0.1, -0.05) is 59.8 Å². The van der Waals surface area contributed by atoms with Crippen LogP contribution in [-0.4, -0.2) is 0 Å². The smallest absolute Gasteiger partial charge is 0.114 e. The summed E-state index contributed by atoms with van der Waals surface area (Å²) in [6.07, 6.45) is 0. The molecule has 0 aliphatic carbocycles. The monoisotopic (exact) mass is 358 g/mol. The third-order valence-electron chi connectivity index (χ3n) is 4.46. The molecule has 0 saturated heterocycles. The van der Waals surface area contributed by atoms with E-state index in [0.717, 1.165) is 29.9 Å². The van der Waals surface area contributed by atoms with Gasteiger partial charge in [-0.15, -0.1) is 0 Å². The van der Waals surface area contributed by atoms with Gasteiger partial charge >= 0.3 is 0 Å². The molecule has 1 heterocycles. The molecule has 3 aromatic carbocycles. The highest BCUT2D eigenvalue weighted by Gasteiger charge is 2.13. The van der Waals surface area contributed by atoms with Crippen LogP contribution >= 0.6 is 11.6 Å². The first-order valence-corrected chi connectivity index (χ1v) is 9.07. The minimum Gasteiger partial charge on any atom is -0.368 e. The second-order valence-electron chi connectivity index (χ2n) is 6.35. The van der Waals surface area contributed by atoms with Gasteiger partial charge in [-0.2, -0.15) is 0 Å². The van der Waals surface area contributed by atoms with Crippen molar-refractivity contribution >= 4 is 17.3 Å². The number of rotatable bonds is 3. The lowest BCUT2D eigenvalue weighted by Crippen LogP contribution is -2.09. The summed E-state index contributed by atoms with van der Waals surface area (Å²) in [4.78, 5) is 0. The quantitative estimate of drug-likeness (QED) is 0.633. The Morgan fingerprint density at radius 1 is 0.885 bits per heavy atom. The van der Waals surface area contributed by atoms with Gasteiger partial charge in [0, 0.05) is 29.4 Å². The van der Waals surface area contributed by atoms with Gasteiger partial charge in [-0.25, -0.2) is 0 Å². The van der Waals surface area contributed by atoms with Crippen LogP contribution < -0.4 is 10.6 Å². The van der Waals surface area contributed by atoms with Gasteiger partial charge < -0.3 is 10.6 Å². The maximum absolute atomic E-state index is 6.20. The second-order valence-corrected chi connectivity index (χ2v) is 6.79. The lowest BCUT2D eigenvalue weighted by Gasteiger charge is -2.16. The summed E-state index contributed by atoms with van der Waals surface area (Å²) in [5, 5.41) is 7.66. The first-order valence-electron chi connectivity index (χ1n) is 8.69. The van der Waals surface area contributed by atoms with Crippen molar-refractivity contribution in [2.24, 2.45) is 0 Å². The third-order valence-corrected chi connectivity index (χ3v) is 4.70. The van der Waals surface area contributed by atoms with Crippen molar-refractivity contribution in [1.29, 1.82) is 0 Å². The van der Waals surface area contributed by atoms with Crippen LogP contribution in [0.4, 0.5) is 5.69 Å². The highest BCUT2D eigenvalue weighted by molar-refractivity contribution is 6.30. The molecule has 2 nitrogen and oxygen atoms in total. The van der Waals surface area contributed by atoms with Crippen molar-refractivity contribution in [2.45, 2.75) is 19.1 Å². The fourth-order valence-electron chi connectivity index (χ4n) is 3.12. The van der Waals surface area contributed by atoms with Crippen LogP contribution in [0.25, 0.3) is 0 Å². The van der Waals surface area contributed by atoms with Gasteiger partial charge in [0.1, 0.15) is 6.04 Å². The maximum Gasteiger partial charge on any atom is 0.114 e. The molecule has 0 saturated carbocycles. The Hall–Kier alpha value is -2.73. The maximum atomic E-state index is 6.20. The molecule has 0 spiro atoms. The van der Waals surface area contributed by atoms with Gasteiger partial charge in [-0.05, 0) is 53.1 Å². The Kier molecular flexibility index (Phi) is 4.93. The van der Waals surface area contributed by atoms with Crippen molar-refractivity contribution in [1.82, 2.24) is 5.32 Å². The molecule has 0 amide bonds. The van der Waals surface area contributed by atoms with E-state index in [2.05, 4.69) is 46.7 Å². The summed E-state index contributed by atoms with van der Waals surface area (Å²) >= 11 is 6.20. The van der Waals surface area contributed by atoms with Crippen LogP contribution in [0.15, 0.2) is 72.8 Å². The molecule has 0 radical (unpaired) electrons. The Morgan fingerprint density at radius 2 is 1.73 bits per heavy atom. The first kappa shape index (κ1) is 16.7. The number of hydrogen-bond acceptors (Lipinski definition) is 2. The molecule has 1 atom stereocenters. The number of hydrogen-bond donors (Lipinski definition) is 2. The summed E-state index contributed by atoms with van der Waals surface area (Å²) in [5.74, 6) is 6.63. The van der Waals surface area contributed by atoms with Crippen molar-refractivity contribution < 1.29 is 0 Å². The molecule has 3 heteroatoms. The summed E-state index contributed by atoms with van der Waals surface area (Å²) in [6.45, 7) is 1.86. The molecule has 2 N–H and O–H groups in total. The average Bonchev–Trinajstić information content (AvgIpc) is 3.14. The highest BCUT2D eigenvalue weighted by Crippen LogP contribution is 2.25. The second kappa shape index (κ2) is 7.66. The molecule has 128 valence electrons. The van der Waals surface area contributed by atoms with Crippen LogP contribution in [0.3, 0.4) is 0 Å². The van der Waals surface area contributed by atoms with Crippen molar-refractivity contribution in [2.75, 3.05) is 5.32 Å². The zero-order valence-corrected chi connectivity index (χ0v) is 15.1. The lowest BCUT2D eigenvalue weighted by molar-refractivity contribution is 0.765. The molecule has 0 bridgehead atoms. The van der Waals surface area contributed by atoms with E-state index in [9.17, 15) is 0 Å². The molecular weight excluding hydrogens is 340 g/mol. The average molecular weight is 359 g/mol. The normalized spacial score (nSPS) is 13.4. The fourth-order valence-corrected chi connectivity index (χ4v) is 3.32. The van der Waals surface area contributed by atoms with Crippen molar-refractivity contribution in [3.05, 3.63) is 100 Å². The molecule has 3 aromatic rings. The van der Waals surface area contributed by atoms with E-state index in [-0.39, 0.29) is 6.04 Å². The Labute approximate surface area is 159 Å². The summed E-state index contributed by atoms with van der Waals surface area (Å²) in [5.41, 5.74) is 5.83. The summed E-state index contributed by atoms with van der Waals surface area (Å²) in [6, 6.07) is 24.3.